The van der Waals surface area contributed by atoms with Gasteiger partial charge in [0.1, 0.15) is 11.6 Å². The quantitative estimate of drug-likeness (QED) is 0.800. The first-order valence-corrected chi connectivity index (χ1v) is 7.05. The van der Waals surface area contributed by atoms with Gasteiger partial charge in [-0.05, 0) is 24.3 Å². The van der Waals surface area contributed by atoms with Crippen LogP contribution in [0.4, 0.5) is 4.39 Å². The largest absolute Gasteiger partial charge is 0.493 e. The lowest BCUT2D eigenvalue weighted by molar-refractivity contribution is 0.0640. The molecule has 4 rings (SSSR count). The molecule has 110 valence electrons. The van der Waals surface area contributed by atoms with Crippen molar-refractivity contribution in [2.24, 2.45) is 0 Å². The second-order valence-corrected chi connectivity index (χ2v) is 5.34. The maximum atomic E-state index is 14.2. The predicted molar refractivity (Wildman–Crippen MR) is 76.2 cm³/mol. The van der Waals surface area contributed by atoms with Crippen LogP contribution >= 0.6 is 0 Å². The molecule has 0 N–H and O–H groups in total. The third-order valence-corrected chi connectivity index (χ3v) is 4.14. The highest BCUT2D eigenvalue weighted by Crippen LogP contribution is 2.33. The Morgan fingerprint density at radius 2 is 1.73 bits per heavy atom. The number of nitrogens with zero attached hydrogens (tertiary/aromatic N) is 1. The maximum absolute atomic E-state index is 14.2. The molecule has 0 spiro atoms. The molecule has 2 aliphatic rings. The molecule has 5 heteroatoms. The zero-order valence-corrected chi connectivity index (χ0v) is 11.6. The number of fused-ring (bicyclic) bond motifs is 2. The molecule has 0 saturated carbocycles. The Morgan fingerprint density at radius 3 is 2.41 bits per heavy atom. The minimum Gasteiger partial charge on any atom is -0.493 e. The monoisotopic (exact) mass is 297 g/mol. The molecule has 2 aromatic rings. The van der Waals surface area contributed by atoms with E-state index in [1.54, 1.807) is 30.3 Å². The number of hydrogen-bond acceptors (Lipinski definition) is 3. The summed E-state index contributed by atoms with van der Waals surface area (Å²) < 4.78 is 19.6. The molecule has 0 aliphatic carbocycles. The predicted octanol–water partition coefficient (Wildman–Crippen LogP) is 2.56. The molecule has 4 nitrogen and oxygen atoms in total. The lowest BCUT2D eigenvalue weighted by Gasteiger charge is -2.16. The number of hydrogen-bond donors (Lipinski definition) is 0. The standard InChI is InChI=1S/C17H12FNO3/c18-14-5-6-15-10(7-8-22-15)13(14)9-19-16(20)11-3-1-2-4-12(11)17(19)21/h1-6H,7-9H2. The number of imide groups is 1. The molecule has 2 aliphatic heterocycles. The van der Waals surface area contributed by atoms with E-state index in [1.165, 1.54) is 6.07 Å². The molecule has 0 radical (unpaired) electrons. The zero-order chi connectivity index (χ0) is 15.3. The van der Waals surface area contributed by atoms with Crippen LogP contribution in [0.2, 0.25) is 0 Å². The van der Waals surface area contributed by atoms with Gasteiger partial charge in [0.15, 0.2) is 0 Å². The number of ether oxygens (including phenoxy) is 1. The Balaban J connectivity index is 1.73. The molecule has 0 aromatic heterocycles. The van der Waals surface area contributed by atoms with Crippen LogP contribution in [0.15, 0.2) is 36.4 Å². The van der Waals surface area contributed by atoms with Crippen LogP contribution in [0, 0.1) is 5.82 Å². The molecule has 0 atom stereocenters. The molecule has 0 bridgehead atoms. The van der Waals surface area contributed by atoms with Gasteiger partial charge in [0.05, 0.1) is 24.3 Å². The van der Waals surface area contributed by atoms with Gasteiger partial charge in [0.25, 0.3) is 11.8 Å². The fourth-order valence-corrected chi connectivity index (χ4v) is 3.03. The minimum absolute atomic E-state index is 0.0648. The Labute approximate surface area is 126 Å². The summed E-state index contributed by atoms with van der Waals surface area (Å²) in [6.45, 7) is 0.429. The molecule has 2 heterocycles. The molecule has 2 amide bonds. The van der Waals surface area contributed by atoms with Crippen molar-refractivity contribution in [1.29, 1.82) is 0 Å². The Kier molecular flexibility index (Phi) is 2.76. The summed E-state index contributed by atoms with van der Waals surface area (Å²) in [6.07, 6.45) is 0.589. The summed E-state index contributed by atoms with van der Waals surface area (Å²) >= 11 is 0. The fraction of sp³-hybridized carbons (Fsp3) is 0.176. The minimum atomic E-state index is -0.416. The second-order valence-electron chi connectivity index (χ2n) is 5.34. The van der Waals surface area contributed by atoms with Crippen LogP contribution in [0.1, 0.15) is 31.8 Å². The first kappa shape index (κ1) is 13.0. The van der Waals surface area contributed by atoms with E-state index in [9.17, 15) is 14.0 Å². The molecular weight excluding hydrogens is 285 g/mol. The van der Waals surface area contributed by atoms with Crippen LogP contribution in [-0.4, -0.2) is 23.3 Å². The van der Waals surface area contributed by atoms with E-state index in [-0.39, 0.29) is 18.4 Å². The highest BCUT2D eigenvalue weighted by atomic mass is 19.1. The molecule has 2 aromatic carbocycles. The first-order valence-electron chi connectivity index (χ1n) is 7.05. The average Bonchev–Trinajstić information content (AvgIpc) is 3.09. The van der Waals surface area contributed by atoms with E-state index in [4.69, 9.17) is 4.74 Å². The Morgan fingerprint density at radius 1 is 1.05 bits per heavy atom. The van der Waals surface area contributed by atoms with Crippen LogP contribution in [0.5, 0.6) is 5.75 Å². The summed E-state index contributed by atoms with van der Waals surface area (Å²) in [5, 5.41) is 0. The summed E-state index contributed by atoms with van der Waals surface area (Å²) in [7, 11) is 0. The number of amides is 2. The van der Waals surface area contributed by atoms with Gasteiger partial charge in [-0.3, -0.25) is 14.5 Å². The van der Waals surface area contributed by atoms with Crippen molar-refractivity contribution in [2.75, 3.05) is 6.61 Å². The van der Waals surface area contributed by atoms with E-state index in [1.807, 2.05) is 0 Å². The van der Waals surface area contributed by atoms with Gasteiger partial charge >= 0.3 is 0 Å². The molecular formula is C17H12FNO3. The third-order valence-electron chi connectivity index (χ3n) is 4.14. The second kappa shape index (κ2) is 4.66. The number of carbonyl (C=O) groups is 2. The molecule has 0 saturated heterocycles. The topological polar surface area (TPSA) is 46.6 Å². The number of halogens is 1. The van der Waals surface area contributed by atoms with E-state index in [0.717, 1.165) is 10.5 Å². The summed E-state index contributed by atoms with van der Waals surface area (Å²) in [6, 6.07) is 9.56. The van der Waals surface area contributed by atoms with Crippen LogP contribution < -0.4 is 4.74 Å². The van der Waals surface area contributed by atoms with Gasteiger partial charge in [-0.2, -0.15) is 0 Å². The van der Waals surface area contributed by atoms with Crippen molar-refractivity contribution in [3.05, 3.63) is 64.5 Å². The molecule has 0 fully saturated rings. The van der Waals surface area contributed by atoms with Crippen molar-refractivity contribution >= 4 is 11.8 Å². The fourth-order valence-electron chi connectivity index (χ4n) is 3.03. The average molecular weight is 297 g/mol. The third kappa shape index (κ3) is 1.75. The highest BCUT2D eigenvalue weighted by molar-refractivity contribution is 6.21. The number of carbonyl (C=O) groups excluding carboxylic acids is 2. The van der Waals surface area contributed by atoms with Gasteiger partial charge in [0, 0.05) is 17.5 Å². The summed E-state index contributed by atoms with van der Waals surface area (Å²) in [5.41, 5.74) is 1.86. The van der Waals surface area contributed by atoms with Gasteiger partial charge in [-0.1, -0.05) is 12.1 Å². The number of rotatable bonds is 2. The van der Waals surface area contributed by atoms with E-state index in [0.29, 0.717) is 35.5 Å². The van der Waals surface area contributed by atoms with Crippen molar-refractivity contribution in [3.63, 3.8) is 0 Å². The SMILES string of the molecule is O=C1c2ccccc2C(=O)N1Cc1c(F)ccc2c1CCO2. The van der Waals surface area contributed by atoms with Gasteiger partial charge in [-0.15, -0.1) is 0 Å². The zero-order valence-electron chi connectivity index (χ0n) is 11.6. The van der Waals surface area contributed by atoms with E-state index >= 15 is 0 Å². The van der Waals surface area contributed by atoms with Gasteiger partial charge < -0.3 is 4.74 Å². The Hall–Kier alpha value is -2.69. The van der Waals surface area contributed by atoms with Gasteiger partial charge in [-0.25, -0.2) is 4.39 Å². The molecule has 0 unspecified atom stereocenters. The van der Waals surface area contributed by atoms with Crippen molar-refractivity contribution in [2.45, 2.75) is 13.0 Å². The van der Waals surface area contributed by atoms with Gasteiger partial charge in [0.2, 0.25) is 0 Å². The smallest absolute Gasteiger partial charge is 0.261 e. The lowest BCUT2D eigenvalue weighted by atomic mass is 10.0. The Bertz CT molecular complexity index is 781. The van der Waals surface area contributed by atoms with Crippen LogP contribution in [0.3, 0.4) is 0 Å². The number of benzene rings is 2. The van der Waals surface area contributed by atoms with Crippen molar-refractivity contribution in [1.82, 2.24) is 4.90 Å². The van der Waals surface area contributed by atoms with Crippen LogP contribution in [-0.2, 0) is 13.0 Å². The maximum Gasteiger partial charge on any atom is 0.261 e. The summed E-state index contributed by atoms with van der Waals surface area (Å²) in [5.74, 6) is -0.540. The van der Waals surface area contributed by atoms with Crippen molar-refractivity contribution in [3.8, 4) is 5.75 Å². The highest BCUT2D eigenvalue weighted by Gasteiger charge is 2.36. The van der Waals surface area contributed by atoms with Crippen LogP contribution in [0.25, 0.3) is 0 Å². The summed E-state index contributed by atoms with van der Waals surface area (Å²) in [4.78, 5) is 25.8. The normalized spacial score (nSPS) is 15.8. The first-order chi connectivity index (χ1) is 10.7. The van der Waals surface area contributed by atoms with Crippen molar-refractivity contribution < 1.29 is 18.7 Å². The molecule has 22 heavy (non-hydrogen) atoms. The lowest BCUT2D eigenvalue weighted by Crippen LogP contribution is -2.30. The van der Waals surface area contributed by atoms with E-state index < -0.39 is 5.82 Å². The van der Waals surface area contributed by atoms with E-state index in [2.05, 4.69) is 0 Å².